The summed E-state index contributed by atoms with van der Waals surface area (Å²) >= 11 is 12.9. The first-order valence-electron chi connectivity index (χ1n) is 7.85. The number of hydrogen-bond acceptors (Lipinski definition) is 4. The number of aromatic nitrogens is 3. The Labute approximate surface area is 159 Å². The quantitative estimate of drug-likeness (QED) is 0.469. The van der Waals surface area contributed by atoms with E-state index < -0.39 is 0 Å². The van der Waals surface area contributed by atoms with Gasteiger partial charge in [0.15, 0.2) is 0 Å². The number of pyridine rings is 1. The number of rotatable bonds is 2. The molecule has 4 rings (SSSR count). The molecule has 0 radical (unpaired) electrons. The molecule has 0 atom stereocenters. The Kier molecular flexibility index (Phi) is 4.05. The van der Waals surface area contributed by atoms with Gasteiger partial charge in [-0.2, -0.15) is 0 Å². The van der Waals surface area contributed by atoms with Crippen molar-refractivity contribution in [2.24, 2.45) is 0 Å². The maximum absolute atomic E-state index is 13.0. The largest absolute Gasteiger partial charge is 0.361 e. The average molecular weight is 386 g/mol. The monoisotopic (exact) mass is 385 g/mol. The smallest absolute Gasteiger partial charge is 0.265 e. The summed E-state index contributed by atoms with van der Waals surface area (Å²) in [5.41, 5.74) is 3.31. The van der Waals surface area contributed by atoms with Crippen LogP contribution in [0.1, 0.15) is 21.8 Å². The zero-order valence-electron chi connectivity index (χ0n) is 14.0. The van der Waals surface area contributed by atoms with Crippen molar-refractivity contribution in [3.8, 4) is 11.1 Å². The van der Waals surface area contributed by atoms with Crippen LogP contribution in [0.15, 0.2) is 47.4 Å². The third-order valence-electron chi connectivity index (χ3n) is 4.29. The molecule has 130 valence electrons. The molecular formula is C19H13Cl2N3O2. The lowest BCUT2D eigenvalue weighted by molar-refractivity contribution is 0.0965. The van der Waals surface area contributed by atoms with Crippen molar-refractivity contribution < 1.29 is 9.32 Å². The van der Waals surface area contributed by atoms with Gasteiger partial charge < -0.3 is 4.52 Å². The number of carbonyl (C=O) groups is 1. The molecule has 0 fully saturated rings. The predicted octanol–water partition coefficient (Wildman–Crippen LogP) is 5.30. The van der Waals surface area contributed by atoms with Gasteiger partial charge in [-0.25, -0.2) is 0 Å². The Bertz CT molecular complexity index is 1120. The zero-order valence-corrected chi connectivity index (χ0v) is 15.5. The standard InChI is InChI=1S/C19H13Cl2N3O2/c1-10-17(11(2)26-23-10)13-7-14(20)18(15(21)8-13)19(25)24-6-4-12-9-22-5-3-16(12)24/h3-9H,1-2H3. The van der Waals surface area contributed by atoms with Gasteiger partial charge >= 0.3 is 0 Å². The van der Waals surface area contributed by atoms with Gasteiger partial charge in [-0.15, -0.1) is 0 Å². The maximum Gasteiger partial charge on any atom is 0.265 e. The SMILES string of the molecule is Cc1noc(C)c1-c1cc(Cl)c(C(=O)n2ccc3cnccc32)c(Cl)c1. The molecule has 0 aliphatic rings. The van der Waals surface area contributed by atoms with Crippen LogP contribution in [-0.2, 0) is 0 Å². The minimum atomic E-state index is -0.300. The number of carbonyl (C=O) groups excluding carboxylic acids is 1. The van der Waals surface area contributed by atoms with Crippen LogP contribution in [0.3, 0.4) is 0 Å². The Hall–Kier alpha value is -2.63. The molecule has 26 heavy (non-hydrogen) atoms. The number of hydrogen-bond donors (Lipinski definition) is 0. The highest BCUT2D eigenvalue weighted by atomic mass is 35.5. The molecule has 0 bridgehead atoms. The fraction of sp³-hybridized carbons (Fsp3) is 0.105. The van der Waals surface area contributed by atoms with Crippen molar-refractivity contribution in [1.29, 1.82) is 0 Å². The molecule has 1 aromatic carbocycles. The van der Waals surface area contributed by atoms with E-state index in [0.29, 0.717) is 5.76 Å². The van der Waals surface area contributed by atoms with Gasteiger partial charge in [0, 0.05) is 29.5 Å². The predicted molar refractivity (Wildman–Crippen MR) is 101 cm³/mol. The van der Waals surface area contributed by atoms with Gasteiger partial charge in [0.2, 0.25) is 0 Å². The lowest BCUT2D eigenvalue weighted by Gasteiger charge is -2.11. The van der Waals surface area contributed by atoms with Crippen LogP contribution in [0.25, 0.3) is 22.0 Å². The van der Waals surface area contributed by atoms with Crippen LogP contribution in [-0.4, -0.2) is 20.6 Å². The van der Waals surface area contributed by atoms with E-state index in [-0.39, 0.29) is 21.5 Å². The van der Waals surface area contributed by atoms with Crippen molar-refractivity contribution in [2.45, 2.75) is 13.8 Å². The van der Waals surface area contributed by atoms with E-state index in [1.807, 2.05) is 19.9 Å². The summed E-state index contributed by atoms with van der Waals surface area (Å²) in [7, 11) is 0. The molecule has 3 aromatic heterocycles. The second-order valence-corrected chi connectivity index (χ2v) is 6.75. The van der Waals surface area contributed by atoms with Gasteiger partial charge in [-0.1, -0.05) is 28.4 Å². The summed E-state index contributed by atoms with van der Waals surface area (Å²) in [6.07, 6.45) is 5.02. The van der Waals surface area contributed by atoms with E-state index in [0.717, 1.165) is 27.7 Å². The highest BCUT2D eigenvalue weighted by Crippen LogP contribution is 2.35. The molecular weight excluding hydrogens is 373 g/mol. The van der Waals surface area contributed by atoms with Crippen LogP contribution < -0.4 is 0 Å². The highest BCUT2D eigenvalue weighted by molar-refractivity contribution is 6.40. The van der Waals surface area contributed by atoms with Crippen molar-refractivity contribution in [1.82, 2.24) is 14.7 Å². The molecule has 0 saturated carbocycles. The number of benzene rings is 1. The molecule has 0 N–H and O–H groups in total. The molecule has 3 heterocycles. The van der Waals surface area contributed by atoms with Gasteiger partial charge in [-0.05, 0) is 43.7 Å². The minimum Gasteiger partial charge on any atom is -0.361 e. The first-order valence-corrected chi connectivity index (χ1v) is 8.61. The Morgan fingerprint density at radius 1 is 1.15 bits per heavy atom. The third-order valence-corrected chi connectivity index (χ3v) is 4.88. The molecule has 0 saturated heterocycles. The van der Waals surface area contributed by atoms with Gasteiger partial charge in [0.1, 0.15) is 5.76 Å². The Balaban J connectivity index is 1.84. The summed E-state index contributed by atoms with van der Waals surface area (Å²) in [5, 5.41) is 5.35. The van der Waals surface area contributed by atoms with Crippen molar-refractivity contribution in [3.05, 3.63) is 69.9 Å². The van der Waals surface area contributed by atoms with Crippen molar-refractivity contribution in [3.63, 3.8) is 0 Å². The molecule has 4 aromatic rings. The van der Waals surface area contributed by atoms with E-state index >= 15 is 0 Å². The van der Waals surface area contributed by atoms with Crippen LogP contribution in [0.2, 0.25) is 10.0 Å². The maximum atomic E-state index is 13.0. The lowest BCUT2D eigenvalue weighted by Crippen LogP contribution is -2.12. The topological polar surface area (TPSA) is 60.9 Å². The van der Waals surface area contributed by atoms with Crippen LogP contribution in [0.4, 0.5) is 0 Å². The third kappa shape index (κ3) is 2.60. The van der Waals surface area contributed by atoms with Crippen LogP contribution in [0, 0.1) is 13.8 Å². The number of aryl methyl sites for hydroxylation is 2. The number of nitrogens with zero attached hydrogens (tertiary/aromatic N) is 3. The van der Waals surface area contributed by atoms with Gasteiger partial charge in [0.05, 0.1) is 26.8 Å². The van der Waals surface area contributed by atoms with E-state index in [1.165, 1.54) is 4.57 Å². The first kappa shape index (κ1) is 16.8. The second kappa shape index (κ2) is 6.27. The minimum absolute atomic E-state index is 0.248. The number of fused-ring (bicyclic) bond motifs is 1. The summed E-state index contributed by atoms with van der Waals surface area (Å²) in [6, 6.07) is 7.01. The van der Waals surface area contributed by atoms with Crippen molar-refractivity contribution in [2.75, 3.05) is 0 Å². The molecule has 0 spiro atoms. The molecule has 0 aliphatic heterocycles. The molecule has 5 nitrogen and oxygen atoms in total. The lowest BCUT2D eigenvalue weighted by atomic mass is 10.0. The fourth-order valence-electron chi connectivity index (χ4n) is 3.10. The van der Waals surface area contributed by atoms with E-state index in [1.54, 1.807) is 36.8 Å². The highest BCUT2D eigenvalue weighted by Gasteiger charge is 2.21. The number of halogens is 2. The van der Waals surface area contributed by atoms with Gasteiger partial charge in [-0.3, -0.25) is 14.3 Å². The van der Waals surface area contributed by atoms with E-state index in [2.05, 4.69) is 10.1 Å². The normalized spacial score (nSPS) is 11.2. The summed E-state index contributed by atoms with van der Waals surface area (Å²) in [6.45, 7) is 3.66. The van der Waals surface area contributed by atoms with Crippen LogP contribution in [0.5, 0.6) is 0 Å². The molecule has 0 unspecified atom stereocenters. The summed E-state index contributed by atoms with van der Waals surface area (Å²) in [5.74, 6) is 0.365. The molecule has 0 aliphatic carbocycles. The Morgan fingerprint density at radius 2 is 1.88 bits per heavy atom. The van der Waals surface area contributed by atoms with Crippen LogP contribution >= 0.6 is 23.2 Å². The Morgan fingerprint density at radius 3 is 2.54 bits per heavy atom. The fourth-order valence-corrected chi connectivity index (χ4v) is 3.75. The van der Waals surface area contributed by atoms with E-state index in [4.69, 9.17) is 27.7 Å². The second-order valence-electron chi connectivity index (χ2n) is 5.94. The summed E-state index contributed by atoms with van der Waals surface area (Å²) < 4.78 is 6.71. The first-order chi connectivity index (χ1) is 12.5. The zero-order chi connectivity index (χ0) is 18.4. The van der Waals surface area contributed by atoms with E-state index in [9.17, 15) is 4.79 Å². The average Bonchev–Trinajstić information content (AvgIpc) is 3.17. The van der Waals surface area contributed by atoms with Crippen molar-refractivity contribution >= 4 is 40.0 Å². The van der Waals surface area contributed by atoms with Gasteiger partial charge in [0.25, 0.3) is 5.91 Å². The molecule has 7 heteroatoms. The summed E-state index contributed by atoms with van der Waals surface area (Å²) in [4.78, 5) is 17.1. The molecule has 0 amide bonds.